The van der Waals surface area contributed by atoms with E-state index in [1.807, 2.05) is 37.1 Å². The molecule has 1 aliphatic rings. The van der Waals surface area contributed by atoms with Crippen LogP contribution in [0.5, 0.6) is 0 Å². The Hall–Kier alpha value is -2.83. The monoisotopic (exact) mass is 339 g/mol. The molecule has 0 bridgehead atoms. The fourth-order valence-electron chi connectivity index (χ4n) is 3.44. The average Bonchev–Trinajstić information content (AvgIpc) is 3.34. The number of imidazole rings is 1. The van der Waals surface area contributed by atoms with E-state index in [0.717, 1.165) is 36.7 Å². The number of nitrogens with one attached hydrogen (secondary N) is 1. The molecule has 1 fully saturated rings. The first-order valence-corrected chi connectivity index (χ1v) is 8.53. The number of rotatable bonds is 3. The van der Waals surface area contributed by atoms with Gasteiger partial charge in [-0.05, 0) is 38.8 Å². The largest absolute Gasteiger partial charge is 0.460 e. The second-order valence-electron chi connectivity index (χ2n) is 6.51. The molecule has 1 aliphatic heterocycles. The minimum Gasteiger partial charge on any atom is -0.460 e. The molecule has 0 aliphatic carbocycles. The number of amides is 1. The van der Waals surface area contributed by atoms with E-state index in [1.165, 1.54) is 0 Å². The summed E-state index contributed by atoms with van der Waals surface area (Å²) in [6.07, 6.45) is 5.82. The van der Waals surface area contributed by atoms with Gasteiger partial charge in [0, 0.05) is 31.5 Å². The van der Waals surface area contributed by atoms with Crippen molar-refractivity contribution >= 4 is 5.91 Å². The molecule has 130 valence electrons. The lowest BCUT2D eigenvalue weighted by Crippen LogP contribution is -2.41. The molecule has 0 unspecified atom stereocenters. The molecule has 3 aromatic heterocycles. The molecule has 1 saturated heterocycles. The van der Waals surface area contributed by atoms with Crippen LogP contribution in [-0.4, -0.2) is 43.6 Å². The zero-order valence-electron chi connectivity index (χ0n) is 14.4. The van der Waals surface area contributed by atoms with Crippen LogP contribution in [0, 0.1) is 13.8 Å². The van der Waals surface area contributed by atoms with Crippen LogP contribution >= 0.6 is 0 Å². The first kappa shape index (κ1) is 15.7. The van der Waals surface area contributed by atoms with Crippen molar-refractivity contribution in [3.05, 3.63) is 47.9 Å². The van der Waals surface area contributed by atoms with E-state index in [0.29, 0.717) is 18.0 Å². The van der Waals surface area contributed by atoms with Crippen molar-refractivity contribution in [2.45, 2.75) is 32.7 Å². The highest BCUT2D eigenvalue weighted by molar-refractivity contribution is 5.93. The van der Waals surface area contributed by atoms with Crippen molar-refractivity contribution < 1.29 is 9.21 Å². The van der Waals surface area contributed by atoms with Crippen LogP contribution in [0.1, 0.15) is 41.0 Å². The second kappa shape index (κ2) is 6.23. The molecule has 1 atom stereocenters. The van der Waals surface area contributed by atoms with Gasteiger partial charge in [-0.3, -0.25) is 9.89 Å². The Morgan fingerprint density at radius 2 is 2.24 bits per heavy atom. The molecule has 0 aromatic carbocycles. The average molecular weight is 339 g/mol. The summed E-state index contributed by atoms with van der Waals surface area (Å²) < 4.78 is 7.73. The highest BCUT2D eigenvalue weighted by atomic mass is 16.3. The Balaban J connectivity index is 1.51. The molecule has 3 aromatic rings. The Kier molecular flexibility index (Phi) is 3.91. The van der Waals surface area contributed by atoms with Crippen LogP contribution in [0.3, 0.4) is 0 Å². The molecule has 0 spiro atoms. The number of nitrogens with zero attached hydrogens (tertiary/aromatic N) is 4. The number of hydrogen-bond donors (Lipinski definition) is 1. The van der Waals surface area contributed by atoms with Crippen LogP contribution in [0.15, 0.2) is 35.0 Å². The van der Waals surface area contributed by atoms with E-state index in [2.05, 4.69) is 19.7 Å². The third-order valence-electron chi connectivity index (χ3n) is 4.74. The number of carbonyl (C=O) groups excluding carboxylic acids is 1. The molecule has 4 heterocycles. The van der Waals surface area contributed by atoms with Crippen LogP contribution in [0.25, 0.3) is 11.5 Å². The van der Waals surface area contributed by atoms with Crippen LogP contribution in [0.4, 0.5) is 0 Å². The standard InChI is InChI=1S/C18H21N5O2/c1-12-5-6-17(25-12)15-10-16(21-20-15)18(24)22-8-3-4-14(11-22)23-9-7-19-13(23)2/h5-7,9-10,14H,3-4,8,11H2,1-2H3,(H,20,21)/t14-/m1/s1. The molecule has 4 rings (SSSR count). The molecule has 0 radical (unpaired) electrons. The van der Waals surface area contributed by atoms with Gasteiger partial charge in [-0.25, -0.2) is 4.98 Å². The van der Waals surface area contributed by atoms with Gasteiger partial charge in [0.2, 0.25) is 0 Å². The van der Waals surface area contributed by atoms with Crippen molar-refractivity contribution in [1.82, 2.24) is 24.6 Å². The molecular weight excluding hydrogens is 318 g/mol. The maximum Gasteiger partial charge on any atom is 0.274 e. The molecule has 0 saturated carbocycles. The number of aryl methyl sites for hydroxylation is 2. The Labute approximate surface area is 145 Å². The zero-order valence-corrected chi connectivity index (χ0v) is 14.4. The van der Waals surface area contributed by atoms with Crippen LogP contribution < -0.4 is 0 Å². The highest BCUT2D eigenvalue weighted by Gasteiger charge is 2.27. The van der Waals surface area contributed by atoms with Gasteiger partial charge in [-0.1, -0.05) is 0 Å². The van der Waals surface area contributed by atoms with E-state index in [1.54, 1.807) is 12.3 Å². The van der Waals surface area contributed by atoms with Crippen molar-refractivity contribution in [2.75, 3.05) is 13.1 Å². The minimum atomic E-state index is -0.0479. The molecule has 25 heavy (non-hydrogen) atoms. The topological polar surface area (TPSA) is 80.0 Å². The Morgan fingerprint density at radius 1 is 1.36 bits per heavy atom. The lowest BCUT2D eigenvalue weighted by molar-refractivity contribution is 0.0672. The summed E-state index contributed by atoms with van der Waals surface area (Å²) >= 11 is 0. The van der Waals surface area contributed by atoms with Crippen molar-refractivity contribution in [1.29, 1.82) is 0 Å². The number of H-pyrrole nitrogens is 1. The van der Waals surface area contributed by atoms with Gasteiger partial charge in [0.25, 0.3) is 5.91 Å². The third-order valence-corrected chi connectivity index (χ3v) is 4.74. The third kappa shape index (κ3) is 2.97. The number of furan rings is 1. The lowest BCUT2D eigenvalue weighted by atomic mass is 10.0. The number of aromatic nitrogens is 4. The maximum atomic E-state index is 12.8. The highest BCUT2D eigenvalue weighted by Crippen LogP contribution is 2.25. The van der Waals surface area contributed by atoms with E-state index >= 15 is 0 Å². The lowest BCUT2D eigenvalue weighted by Gasteiger charge is -2.33. The predicted octanol–water partition coefficient (Wildman–Crippen LogP) is 2.96. The number of piperidine rings is 1. The summed E-state index contributed by atoms with van der Waals surface area (Å²) in [5.74, 6) is 2.45. The molecular formula is C18H21N5O2. The maximum absolute atomic E-state index is 12.8. The molecule has 7 nitrogen and oxygen atoms in total. The molecule has 1 amide bonds. The van der Waals surface area contributed by atoms with Gasteiger partial charge >= 0.3 is 0 Å². The molecule has 1 N–H and O–H groups in total. The number of aromatic amines is 1. The first-order valence-electron chi connectivity index (χ1n) is 8.53. The van der Waals surface area contributed by atoms with Crippen molar-refractivity contribution in [3.8, 4) is 11.5 Å². The fraction of sp³-hybridized carbons (Fsp3) is 0.389. The van der Waals surface area contributed by atoms with Gasteiger partial charge in [0.15, 0.2) is 11.5 Å². The van der Waals surface area contributed by atoms with Crippen molar-refractivity contribution in [3.63, 3.8) is 0 Å². The van der Waals surface area contributed by atoms with Crippen molar-refractivity contribution in [2.24, 2.45) is 0 Å². The first-order chi connectivity index (χ1) is 12.1. The minimum absolute atomic E-state index is 0.0479. The van der Waals surface area contributed by atoms with E-state index < -0.39 is 0 Å². The van der Waals surface area contributed by atoms with E-state index in [4.69, 9.17) is 4.42 Å². The Bertz CT molecular complexity index is 891. The smallest absolute Gasteiger partial charge is 0.274 e. The van der Waals surface area contributed by atoms with Gasteiger partial charge in [-0.15, -0.1) is 0 Å². The van der Waals surface area contributed by atoms with E-state index in [-0.39, 0.29) is 11.9 Å². The Morgan fingerprint density at radius 3 is 2.96 bits per heavy atom. The van der Waals surface area contributed by atoms with Gasteiger partial charge in [0.1, 0.15) is 17.3 Å². The summed E-state index contributed by atoms with van der Waals surface area (Å²) in [5.41, 5.74) is 1.14. The summed E-state index contributed by atoms with van der Waals surface area (Å²) in [7, 11) is 0. The van der Waals surface area contributed by atoms with Crippen LogP contribution in [-0.2, 0) is 0 Å². The fourth-order valence-corrected chi connectivity index (χ4v) is 3.44. The summed E-state index contributed by atoms with van der Waals surface area (Å²) in [5, 5.41) is 7.08. The molecule has 7 heteroatoms. The normalized spacial score (nSPS) is 17.8. The van der Waals surface area contributed by atoms with Gasteiger partial charge < -0.3 is 13.9 Å². The number of likely N-dealkylation sites (tertiary alicyclic amines) is 1. The SMILES string of the molecule is Cc1ccc(-c2cc(C(=O)N3CCC[C@@H](n4ccnc4C)C3)n[nH]2)o1. The number of carbonyl (C=O) groups is 1. The second-order valence-corrected chi connectivity index (χ2v) is 6.51. The number of hydrogen-bond acceptors (Lipinski definition) is 4. The van der Waals surface area contributed by atoms with Gasteiger partial charge in [-0.2, -0.15) is 5.10 Å². The predicted molar refractivity (Wildman–Crippen MR) is 92.2 cm³/mol. The van der Waals surface area contributed by atoms with E-state index in [9.17, 15) is 4.79 Å². The summed E-state index contributed by atoms with van der Waals surface area (Å²) in [6, 6.07) is 5.79. The zero-order chi connectivity index (χ0) is 17.4. The quantitative estimate of drug-likeness (QED) is 0.795. The van der Waals surface area contributed by atoms with Crippen LogP contribution in [0.2, 0.25) is 0 Å². The summed E-state index contributed by atoms with van der Waals surface area (Å²) in [6.45, 7) is 5.31. The summed E-state index contributed by atoms with van der Waals surface area (Å²) in [4.78, 5) is 19.0. The van der Waals surface area contributed by atoms with Gasteiger partial charge in [0.05, 0.1) is 6.04 Å².